The Bertz CT molecular complexity index is 1060. The average Bonchev–Trinajstić information content (AvgIpc) is 3.23. The van der Waals surface area contributed by atoms with Crippen molar-refractivity contribution in [2.24, 2.45) is 0 Å². The number of hydrogen-bond acceptors (Lipinski definition) is 5. The van der Waals surface area contributed by atoms with Gasteiger partial charge in [-0.3, -0.25) is 9.59 Å². The summed E-state index contributed by atoms with van der Waals surface area (Å²) in [6.45, 7) is 6.32. The first-order chi connectivity index (χ1) is 29.0. The van der Waals surface area contributed by atoms with E-state index in [-0.39, 0.29) is 24.9 Å². The Morgan fingerprint density at radius 3 is 1.42 bits per heavy atom. The molecule has 0 aliphatic rings. The SMILES string of the molecule is CC/C=C/C/C=C/C/C=C/CCCCCCC(CC(=O)NC(CO)C(O)CCCCCCCCCCC)OC(=O)CCCCCCCCC/C=C\C/C=C\CCCCC. The highest BCUT2D eigenvalue weighted by molar-refractivity contribution is 5.77. The van der Waals surface area contributed by atoms with Crippen LogP contribution in [0.5, 0.6) is 0 Å². The van der Waals surface area contributed by atoms with E-state index in [1.54, 1.807) is 0 Å². The number of ether oxygens (including phenoxy) is 1. The third-order valence-corrected chi connectivity index (χ3v) is 11.1. The van der Waals surface area contributed by atoms with Crippen LogP contribution in [0.2, 0.25) is 0 Å². The zero-order valence-electron chi connectivity index (χ0n) is 38.9. The van der Waals surface area contributed by atoms with Crippen LogP contribution in [-0.2, 0) is 14.3 Å². The maximum Gasteiger partial charge on any atom is 0.306 e. The van der Waals surface area contributed by atoms with Crippen molar-refractivity contribution in [3.8, 4) is 0 Å². The largest absolute Gasteiger partial charge is 0.462 e. The van der Waals surface area contributed by atoms with Crippen LogP contribution < -0.4 is 5.32 Å². The van der Waals surface area contributed by atoms with Gasteiger partial charge in [-0.15, -0.1) is 0 Å². The van der Waals surface area contributed by atoms with Crippen LogP contribution in [0.15, 0.2) is 60.8 Å². The molecule has 0 bridgehead atoms. The summed E-state index contributed by atoms with van der Waals surface area (Å²) in [5, 5.41) is 23.6. The topological polar surface area (TPSA) is 95.9 Å². The van der Waals surface area contributed by atoms with Crippen molar-refractivity contribution >= 4 is 11.9 Å². The molecule has 0 saturated carbocycles. The normalized spacial score (nSPS) is 13.8. The lowest BCUT2D eigenvalue weighted by Crippen LogP contribution is -2.46. The maximum absolute atomic E-state index is 13.2. The number of unbranched alkanes of at least 4 members (excludes halogenated alkanes) is 22. The number of carbonyl (C=O) groups is 2. The molecule has 342 valence electrons. The number of aliphatic hydroxyl groups is 2. The van der Waals surface area contributed by atoms with Gasteiger partial charge in [-0.2, -0.15) is 0 Å². The van der Waals surface area contributed by atoms with E-state index in [0.29, 0.717) is 19.3 Å². The molecule has 0 aliphatic carbocycles. The minimum Gasteiger partial charge on any atom is -0.462 e. The lowest BCUT2D eigenvalue weighted by molar-refractivity contribution is -0.151. The molecule has 6 heteroatoms. The van der Waals surface area contributed by atoms with Crippen LogP contribution in [-0.4, -0.2) is 46.9 Å². The molecule has 3 atom stereocenters. The monoisotopic (exact) mass is 826 g/mol. The molecule has 59 heavy (non-hydrogen) atoms. The third-order valence-electron chi connectivity index (χ3n) is 11.1. The second-order valence-electron chi connectivity index (χ2n) is 16.8. The first-order valence-corrected chi connectivity index (χ1v) is 25.0. The maximum atomic E-state index is 13.2. The van der Waals surface area contributed by atoms with Gasteiger partial charge in [0.2, 0.25) is 5.91 Å². The van der Waals surface area contributed by atoms with Gasteiger partial charge in [0.15, 0.2) is 0 Å². The first-order valence-electron chi connectivity index (χ1n) is 25.0. The molecule has 3 N–H and O–H groups in total. The van der Waals surface area contributed by atoms with E-state index in [2.05, 4.69) is 86.8 Å². The zero-order valence-corrected chi connectivity index (χ0v) is 38.9. The summed E-state index contributed by atoms with van der Waals surface area (Å²) in [6.07, 6.45) is 57.1. The quantitative estimate of drug-likeness (QED) is 0.0323. The van der Waals surface area contributed by atoms with Gasteiger partial charge in [0.05, 0.1) is 25.2 Å². The standard InChI is InChI=1S/C53H95NO5/c1-4-7-10-13-16-19-21-23-25-26-27-29-31-34-37-40-43-46-53(58)59-49(44-41-38-35-33-30-28-24-22-20-17-14-11-8-5-2)47-52(57)54-50(48-55)51(56)45-42-39-36-32-18-15-12-9-6-3/h8,11,16-17,19-20,23-25,28,49-51,55-56H,4-7,9-10,12-15,18,21-22,26-27,29-48H2,1-3H3,(H,54,57)/b11-8+,19-16-,20-17+,25-23-,28-24+. The van der Waals surface area contributed by atoms with Crippen molar-refractivity contribution in [3.05, 3.63) is 60.8 Å². The van der Waals surface area contributed by atoms with Crippen LogP contribution in [0.3, 0.4) is 0 Å². The Balaban J connectivity index is 4.61. The lowest BCUT2D eigenvalue weighted by Gasteiger charge is -2.24. The van der Waals surface area contributed by atoms with Gasteiger partial charge < -0.3 is 20.3 Å². The molecule has 0 saturated heterocycles. The molecule has 0 heterocycles. The Labute approximate surface area is 365 Å². The molecule has 0 aromatic carbocycles. The molecule has 0 fully saturated rings. The van der Waals surface area contributed by atoms with Crippen LogP contribution in [0, 0.1) is 0 Å². The van der Waals surface area contributed by atoms with Crippen molar-refractivity contribution in [1.29, 1.82) is 0 Å². The van der Waals surface area contributed by atoms with Gasteiger partial charge in [0.1, 0.15) is 6.10 Å². The molecule has 0 aromatic heterocycles. The van der Waals surface area contributed by atoms with E-state index < -0.39 is 18.2 Å². The summed E-state index contributed by atoms with van der Waals surface area (Å²) < 4.78 is 5.92. The predicted molar refractivity (Wildman–Crippen MR) is 255 cm³/mol. The number of carbonyl (C=O) groups excluding carboxylic acids is 2. The highest BCUT2D eigenvalue weighted by Gasteiger charge is 2.24. The molecule has 0 aliphatic heterocycles. The molecule has 1 amide bonds. The smallest absolute Gasteiger partial charge is 0.306 e. The van der Waals surface area contributed by atoms with E-state index in [0.717, 1.165) is 103 Å². The second-order valence-corrected chi connectivity index (χ2v) is 16.8. The number of allylic oxidation sites excluding steroid dienone is 10. The van der Waals surface area contributed by atoms with Gasteiger partial charge in [-0.05, 0) is 89.9 Å². The Kier molecular flexibility index (Phi) is 44.7. The number of nitrogens with one attached hydrogen (secondary N) is 1. The van der Waals surface area contributed by atoms with Crippen LogP contribution in [0.4, 0.5) is 0 Å². The van der Waals surface area contributed by atoms with E-state index in [9.17, 15) is 19.8 Å². The summed E-state index contributed by atoms with van der Waals surface area (Å²) in [7, 11) is 0. The van der Waals surface area contributed by atoms with Gasteiger partial charge in [-0.25, -0.2) is 0 Å². The molecule has 0 rings (SSSR count). The summed E-state index contributed by atoms with van der Waals surface area (Å²) in [5.41, 5.74) is 0. The minimum atomic E-state index is -0.795. The van der Waals surface area contributed by atoms with Crippen LogP contribution >= 0.6 is 0 Å². The van der Waals surface area contributed by atoms with Crippen LogP contribution in [0.25, 0.3) is 0 Å². The van der Waals surface area contributed by atoms with Crippen molar-refractivity contribution in [3.63, 3.8) is 0 Å². The molecular formula is C53H95NO5. The van der Waals surface area contributed by atoms with E-state index in [4.69, 9.17) is 4.74 Å². The molecule has 0 radical (unpaired) electrons. The zero-order chi connectivity index (χ0) is 43.1. The van der Waals surface area contributed by atoms with E-state index >= 15 is 0 Å². The summed E-state index contributed by atoms with van der Waals surface area (Å²) in [4.78, 5) is 26.1. The fourth-order valence-corrected chi connectivity index (χ4v) is 7.30. The predicted octanol–water partition coefficient (Wildman–Crippen LogP) is 14.8. The van der Waals surface area contributed by atoms with Crippen molar-refractivity contribution in [2.75, 3.05) is 6.61 Å². The lowest BCUT2D eigenvalue weighted by atomic mass is 10.0. The second kappa shape index (κ2) is 46.6. The summed E-state index contributed by atoms with van der Waals surface area (Å²) in [5.74, 6) is -0.506. The molecular weight excluding hydrogens is 731 g/mol. The third kappa shape index (κ3) is 42.1. The van der Waals surface area contributed by atoms with Crippen molar-refractivity contribution < 1.29 is 24.5 Å². The Morgan fingerprint density at radius 2 is 0.915 bits per heavy atom. The number of aliphatic hydroxyl groups excluding tert-OH is 2. The minimum absolute atomic E-state index is 0.0580. The van der Waals surface area contributed by atoms with Gasteiger partial charge in [0.25, 0.3) is 0 Å². The molecule has 0 spiro atoms. The van der Waals surface area contributed by atoms with Gasteiger partial charge in [-0.1, -0.05) is 197 Å². The van der Waals surface area contributed by atoms with Crippen molar-refractivity contribution in [1.82, 2.24) is 5.32 Å². The average molecular weight is 826 g/mol. The summed E-state index contributed by atoms with van der Waals surface area (Å²) >= 11 is 0. The highest BCUT2D eigenvalue weighted by atomic mass is 16.5. The first kappa shape index (κ1) is 56.6. The van der Waals surface area contributed by atoms with E-state index in [1.165, 1.54) is 89.9 Å². The van der Waals surface area contributed by atoms with Gasteiger partial charge >= 0.3 is 5.97 Å². The fourth-order valence-electron chi connectivity index (χ4n) is 7.30. The van der Waals surface area contributed by atoms with Crippen molar-refractivity contribution in [2.45, 2.75) is 257 Å². The Hall–Kier alpha value is -2.44. The highest BCUT2D eigenvalue weighted by Crippen LogP contribution is 2.17. The van der Waals surface area contributed by atoms with E-state index in [1.807, 2.05) is 0 Å². The molecule has 0 aromatic rings. The number of rotatable bonds is 44. The number of esters is 1. The number of amides is 1. The molecule has 3 unspecified atom stereocenters. The Morgan fingerprint density at radius 1 is 0.508 bits per heavy atom. The van der Waals surface area contributed by atoms with Gasteiger partial charge in [0, 0.05) is 6.42 Å². The van der Waals surface area contributed by atoms with Crippen LogP contribution in [0.1, 0.15) is 239 Å². The number of hydrogen-bond donors (Lipinski definition) is 3. The molecule has 6 nitrogen and oxygen atoms in total. The summed E-state index contributed by atoms with van der Waals surface area (Å²) in [6, 6.07) is -0.710. The fraction of sp³-hybridized carbons (Fsp3) is 0.774.